The maximum Gasteiger partial charge on any atom is 0.256 e. The van der Waals surface area contributed by atoms with Gasteiger partial charge in [0.15, 0.2) is 0 Å². The van der Waals surface area contributed by atoms with Gasteiger partial charge in [0.2, 0.25) is 5.91 Å². The number of halogens is 1. The lowest BCUT2D eigenvalue weighted by Crippen LogP contribution is -2.28. The van der Waals surface area contributed by atoms with Gasteiger partial charge >= 0.3 is 0 Å². The zero-order chi connectivity index (χ0) is 16.6. The Balaban J connectivity index is 1.84. The lowest BCUT2D eigenvalue weighted by atomic mass is 9.99. The summed E-state index contributed by atoms with van der Waals surface area (Å²) >= 11 is 1.47. The fraction of sp³-hybridized carbons (Fsp3) is 0.312. The second-order valence-corrected chi connectivity index (χ2v) is 6.50. The molecule has 2 heterocycles. The first-order valence-electron chi connectivity index (χ1n) is 7.22. The number of aromatic nitrogens is 1. The number of fused-ring (bicyclic) bond motifs is 1. The maximum absolute atomic E-state index is 14.3. The first-order valence-corrected chi connectivity index (χ1v) is 8.10. The number of amides is 2. The highest BCUT2D eigenvalue weighted by atomic mass is 32.1. The van der Waals surface area contributed by atoms with Crippen molar-refractivity contribution in [3.8, 4) is 0 Å². The van der Waals surface area contributed by atoms with Crippen LogP contribution < -0.4 is 5.32 Å². The molecule has 2 aromatic rings. The highest BCUT2D eigenvalue weighted by Gasteiger charge is 2.23. The van der Waals surface area contributed by atoms with E-state index >= 15 is 0 Å². The molecule has 7 heteroatoms. The fourth-order valence-corrected chi connectivity index (χ4v) is 3.37. The van der Waals surface area contributed by atoms with Crippen molar-refractivity contribution in [2.75, 3.05) is 12.4 Å². The highest BCUT2D eigenvalue weighted by Crippen LogP contribution is 2.27. The summed E-state index contributed by atoms with van der Waals surface area (Å²) in [7, 11) is 1.64. The molecular formula is C16H16FN3O2S. The molecule has 0 saturated carbocycles. The molecule has 0 fully saturated rings. The van der Waals surface area contributed by atoms with Gasteiger partial charge in [-0.2, -0.15) is 0 Å². The number of hydrogen-bond donors (Lipinski definition) is 1. The Morgan fingerprint density at radius 3 is 2.91 bits per heavy atom. The molecule has 0 unspecified atom stereocenters. The van der Waals surface area contributed by atoms with Crippen LogP contribution in [0.5, 0.6) is 0 Å². The number of carbonyl (C=O) groups is 2. The minimum absolute atomic E-state index is 0.0320. The summed E-state index contributed by atoms with van der Waals surface area (Å²) in [5.41, 5.74) is 3.88. The zero-order valence-corrected chi connectivity index (χ0v) is 13.7. The van der Waals surface area contributed by atoms with Crippen LogP contribution in [0.1, 0.15) is 32.9 Å². The topological polar surface area (TPSA) is 62.3 Å². The third-order valence-corrected chi connectivity index (χ3v) is 4.81. The van der Waals surface area contributed by atoms with Gasteiger partial charge in [-0.1, -0.05) is 0 Å². The number of aryl methyl sites for hydroxylation is 2. The Bertz CT molecular complexity index is 788. The second kappa shape index (κ2) is 6.08. The van der Waals surface area contributed by atoms with Crippen molar-refractivity contribution in [2.45, 2.75) is 26.3 Å². The van der Waals surface area contributed by atoms with E-state index in [2.05, 4.69) is 10.3 Å². The average molecular weight is 333 g/mol. The Kier molecular flexibility index (Phi) is 4.12. The van der Waals surface area contributed by atoms with E-state index < -0.39 is 5.82 Å². The van der Waals surface area contributed by atoms with E-state index in [0.717, 1.165) is 16.1 Å². The summed E-state index contributed by atoms with van der Waals surface area (Å²) in [4.78, 5) is 30.5. The molecule has 1 N–H and O–H groups in total. The van der Waals surface area contributed by atoms with Gasteiger partial charge in [0.1, 0.15) is 5.82 Å². The Morgan fingerprint density at radius 2 is 2.22 bits per heavy atom. The molecule has 1 aromatic carbocycles. The zero-order valence-electron chi connectivity index (χ0n) is 12.9. The lowest BCUT2D eigenvalue weighted by molar-refractivity contribution is -0.116. The third-order valence-electron chi connectivity index (χ3n) is 3.89. The predicted octanol–water partition coefficient (Wildman–Crippen LogP) is 2.75. The van der Waals surface area contributed by atoms with Crippen molar-refractivity contribution in [3.05, 3.63) is 45.2 Å². The van der Waals surface area contributed by atoms with E-state index in [9.17, 15) is 14.0 Å². The van der Waals surface area contributed by atoms with E-state index in [1.54, 1.807) is 18.6 Å². The van der Waals surface area contributed by atoms with Gasteiger partial charge in [-0.3, -0.25) is 9.59 Å². The number of benzene rings is 1. The van der Waals surface area contributed by atoms with E-state index in [4.69, 9.17) is 0 Å². The van der Waals surface area contributed by atoms with Gasteiger partial charge in [-0.15, -0.1) is 11.3 Å². The van der Waals surface area contributed by atoms with Gasteiger partial charge in [-0.25, -0.2) is 9.37 Å². The second-order valence-electron chi connectivity index (χ2n) is 5.56. The van der Waals surface area contributed by atoms with Crippen molar-refractivity contribution in [1.82, 2.24) is 9.88 Å². The van der Waals surface area contributed by atoms with Crippen molar-refractivity contribution in [1.29, 1.82) is 0 Å². The summed E-state index contributed by atoms with van der Waals surface area (Å²) in [5.74, 6) is -1.13. The molecule has 1 aliphatic rings. The molecule has 3 rings (SSSR count). The molecule has 0 spiro atoms. The SMILES string of the molecule is Cc1ncsc1CN(C)C(=O)c1cc2c(cc1F)NC(=O)CC2. The van der Waals surface area contributed by atoms with Gasteiger partial charge < -0.3 is 10.2 Å². The van der Waals surface area contributed by atoms with Crippen molar-refractivity contribution in [2.24, 2.45) is 0 Å². The molecule has 0 aliphatic carbocycles. The van der Waals surface area contributed by atoms with Crippen molar-refractivity contribution < 1.29 is 14.0 Å². The number of rotatable bonds is 3. The monoisotopic (exact) mass is 333 g/mol. The predicted molar refractivity (Wildman–Crippen MR) is 86.0 cm³/mol. The molecule has 23 heavy (non-hydrogen) atoms. The van der Waals surface area contributed by atoms with Gasteiger partial charge in [-0.05, 0) is 31.0 Å². The number of nitrogens with one attached hydrogen (secondary N) is 1. The molecule has 0 radical (unpaired) electrons. The van der Waals surface area contributed by atoms with Crippen LogP contribution in [-0.2, 0) is 17.8 Å². The number of hydrogen-bond acceptors (Lipinski definition) is 4. The first kappa shape index (κ1) is 15.6. The summed E-state index contributed by atoms with van der Waals surface area (Å²) in [6.45, 7) is 2.27. The van der Waals surface area contributed by atoms with Crippen molar-refractivity contribution in [3.63, 3.8) is 0 Å². The van der Waals surface area contributed by atoms with Crippen LogP contribution in [0, 0.1) is 12.7 Å². The van der Waals surface area contributed by atoms with E-state index in [1.165, 1.54) is 22.3 Å². The first-order chi connectivity index (χ1) is 11.0. The minimum atomic E-state index is -0.621. The minimum Gasteiger partial charge on any atom is -0.336 e. The normalized spacial score (nSPS) is 13.4. The number of carbonyl (C=O) groups excluding carboxylic acids is 2. The van der Waals surface area contributed by atoms with Gasteiger partial charge in [0.25, 0.3) is 5.91 Å². The molecular weight excluding hydrogens is 317 g/mol. The van der Waals surface area contributed by atoms with E-state index in [-0.39, 0.29) is 17.4 Å². The Morgan fingerprint density at radius 1 is 1.43 bits per heavy atom. The fourth-order valence-electron chi connectivity index (χ4n) is 2.54. The standard InChI is InChI=1S/C16H16FN3O2S/c1-9-14(23-8-18-9)7-20(2)16(22)11-5-10-3-4-15(21)19-13(10)6-12(11)17/h5-6,8H,3-4,7H2,1-2H3,(H,19,21). The molecule has 2 amide bonds. The molecule has 120 valence electrons. The molecule has 5 nitrogen and oxygen atoms in total. The van der Waals surface area contributed by atoms with Crippen LogP contribution in [0.2, 0.25) is 0 Å². The summed E-state index contributed by atoms with van der Waals surface area (Å²) in [5, 5.41) is 2.63. The lowest BCUT2D eigenvalue weighted by Gasteiger charge is -2.21. The molecule has 0 atom stereocenters. The number of nitrogens with zero attached hydrogens (tertiary/aromatic N) is 2. The van der Waals surface area contributed by atoms with Gasteiger partial charge in [0, 0.05) is 24.0 Å². The molecule has 0 bridgehead atoms. The van der Waals surface area contributed by atoms with Gasteiger partial charge in [0.05, 0.1) is 23.3 Å². The van der Waals surface area contributed by atoms with Crippen LogP contribution >= 0.6 is 11.3 Å². The quantitative estimate of drug-likeness (QED) is 0.939. The Hall–Kier alpha value is -2.28. The largest absolute Gasteiger partial charge is 0.336 e. The summed E-state index contributed by atoms with van der Waals surface area (Å²) < 4.78 is 14.3. The van der Waals surface area contributed by atoms with Crippen LogP contribution in [0.15, 0.2) is 17.6 Å². The number of anilines is 1. The Labute approximate surface area is 137 Å². The summed E-state index contributed by atoms with van der Waals surface area (Å²) in [6, 6.07) is 2.77. The van der Waals surface area contributed by atoms with E-state index in [0.29, 0.717) is 25.1 Å². The van der Waals surface area contributed by atoms with E-state index in [1.807, 2.05) is 6.92 Å². The molecule has 1 aromatic heterocycles. The summed E-state index contributed by atoms with van der Waals surface area (Å²) in [6.07, 6.45) is 0.863. The number of thiazole rings is 1. The van der Waals surface area contributed by atoms with Crippen LogP contribution in [-0.4, -0.2) is 28.7 Å². The maximum atomic E-state index is 14.3. The van der Waals surface area contributed by atoms with Crippen LogP contribution in [0.25, 0.3) is 0 Å². The van der Waals surface area contributed by atoms with Crippen LogP contribution in [0.3, 0.4) is 0 Å². The smallest absolute Gasteiger partial charge is 0.256 e. The average Bonchev–Trinajstić information content (AvgIpc) is 2.91. The third kappa shape index (κ3) is 3.10. The van der Waals surface area contributed by atoms with Crippen molar-refractivity contribution >= 4 is 28.8 Å². The highest BCUT2D eigenvalue weighted by molar-refractivity contribution is 7.09. The molecule has 1 aliphatic heterocycles. The molecule has 0 saturated heterocycles. The van der Waals surface area contributed by atoms with Crippen LogP contribution in [0.4, 0.5) is 10.1 Å².